The summed E-state index contributed by atoms with van der Waals surface area (Å²) in [7, 11) is -3.90. The van der Waals surface area contributed by atoms with Gasteiger partial charge < -0.3 is 0 Å². The van der Waals surface area contributed by atoms with Crippen molar-refractivity contribution in [2.45, 2.75) is 19.5 Å². The SMILES string of the molecule is CC(=O)SCC[Si](C)(F)F. The van der Waals surface area contributed by atoms with Gasteiger partial charge in [0.05, 0.1) is 0 Å². The van der Waals surface area contributed by atoms with Crippen molar-refractivity contribution < 1.29 is 13.0 Å². The topological polar surface area (TPSA) is 17.1 Å². The standard InChI is InChI=1S/C5H10F2OSSi/c1-5(8)9-3-4-10(2,6)7/h3-4H2,1-2H3. The summed E-state index contributed by atoms with van der Waals surface area (Å²) >= 11 is 0.974. The van der Waals surface area contributed by atoms with Crippen molar-refractivity contribution in [3.05, 3.63) is 0 Å². The number of thioether (sulfide) groups is 1. The van der Waals surface area contributed by atoms with Gasteiger partial charge >= 0.3 is 8.74 Å². The highest BCUT2D eigenvalue weighted by Gasteiger charge is 2.26. The second kappa shape index (κ2) is 4.08. The first kappa shape index (κ1) is 10.1. The van der Waals surface area contributed by atoms with Gasteiger partial charge in [-0.1, -0.05) is 11.8 Å². The maximum Gasteiger partial charge on any atom is 0.422 e. The molecular formula is C5H10F2OSSi. The predicted octanol–water partition coefficient (Wildman–Crippen LogP) is 2.28. The quantitative estimate of drug-likeness (QED) is 0.494. The molecule has 0 amide bonds. The first-order chi connectivity index (χ1) is 4.42. The summed E-state index contributed by atoms with van der Waals surface area (Å²) in [6, 6.07) is -0.0861. The average molecular weight is 184 g/mol. The molecule has 1 nitrogen and oxygen atoms in total. The molecule has 0 aromatic carbocycles. The molecule has 0 atom stereocenters. The lowest BCUT2D eigenvalue weighted by molar-refractivity contribution is -0.109. The van der Waals surface area contributed by atoms with E-state index in [0.717, 1.165) is 18.3 Å². The predicted molar refractivity (Wildman–Crippen MR) is 41.8 cm³/mol. The largest absolute Gasteiger partial charge is 0.422 e. The van der Waals surface area contributed by atoms with Crippen molar-refractivity contribution >= 4 is 25.6 Å². The molecule has 60 valence electrons. The van der Waals surface area contributed by atoms with Crippen molar-refractivity contribution in [2.75, 3.05) is 5.75 Å². The Balaban J connectivity index is 3.29. The van der Waals surface area contributed by atoms with Crippen LogP contribution in [-0.4, -0.2) is 19.6 Å². The Morgan fingerprint density at radius 1 is 1.60 bits per heavy atom. The molecule has 0 radical (unpaired) electrons. The Hall–Kier alpha value is 0.0969. The lowest BCUT2D eigenvalue weighted by Gasteiger charge is -2.03. The first-order valence-electron chi connectivity index (χ1n) is 2.93. The van der Waals surface area contributed by atoms with E-state index in [2.05, 4.69) is 0 Å². The molecule has 5 heteroatoms. The van der Waals surface area contributed by atoms with Crippen LogP contribution in [0.4, 0.5) is 8.22 Å². The highest BCUT2D eigenvalue weighted by atomic mass is 32.2. The Morgan fingerprint density at radius 3 is 2.40 bits per heavy atom. The number of carbonyl (C=O) groups excluding carboxylic acids is 1. The molecule has 0 aromatic rings. The van der Waals surface area contributed by atoms with Crippen LogP contribution in [0, 0.1) is 0 Å². The molecule has 0 rings (SSSR count). The van der Waals surface area contributed by atoms with Crippen LogP contribution in [0.5, 0.6) is 0 Å². The Morgan fingerprint density at radius 2 is 2.10 bits per heavy atom. The van der Waals surface area contributed by atoms with Gasteiger partial charge in [0.15, 0.2) is 5.12 Å². The van der Waals surface area contributed by atoms with Crippen molar-refractivity contribution in [3.63, 3.8) is 0 Å². The van der Waals surface area contributed by atoms with Crippen LogP contribution in [0.15, 0.2) is 0 Å². The minimum atomic E-state index is -3.90. The summed E-state index contributed by atoms with van der Waals surface area (Å²) in [5, 5.41) is -0.0850. The van der Waals surface area contributed by atoms with Crippen LogP contribution >= 0.6 is 11.8 Å². The van der Waals surface area contributed by atoms with E-state index in [1.54, 1.807) is 0 Å². The minimum Gasteiger partial charge on any atom is -0.288 e. The average Bonchev–Trinajstić information content (AvgIpc) is 1.59. The first-order valence-corrected chi connectivity index (χ1v) is 6.38. The molecule has 0 fully saturated rings. The van der Waals surface area contributed by atoms with Gasteiger partial charge in [0, 0.05) is 18.7 Å². The lowest BCUT2D eigenvalue weighted by Crippen LogP contribution is -2.16. The van der Waals surface area contributed by atoms with E-state index in [4.69, 9.17) is 0 Å². The Labute approximate surface area is 64.5 Å². The normalized spacial score (nSPS) is 11.6. The lowest BCUT2D eigenvalue weighted by atomic mass is 10.9. The van der Waals surface area contributed by atoms with Crippen LogP contribution in [0.25, 0.3) is 0 Å². The second-order valence-electron chi connectivity index (χ2n) is 2.16. The van der Waals surface area contributed by atoms with E-state index >= 15 is 0 Å². The molecule has 0 saturated heterocycles. The van der Waals surface area contributed by atoms with Gasteiger partial charge in [-0.3, -0.25) is 13.0 Å². The molecule has 0 aliphatic rings. The smallest absolute Gasteiger partial charge is 0.288 e. The number of hydrogen-bond acceptors (Lipinski definition) is 2. The van der Waals surface area contributed by atoms with Gasteiger partial charge in [0.1, 0.15) is 0 Å². The van der Waals surface area contributed by atoms with Gasteiger partial charge in [0.25, 0.3) is 0 Å². The van der Waals surface area contributed by atoms with Crippen molar-refractivity contribution in [1.29, 1.82) is 0 Å². The molecular weight excluding hydrogens is 174 g/mol. The molecule has 0 spiro atoms. The van der Waals surface area contributed by atoms with Crippen LogP contribution in [0.2, 0.25) is 12.6 Å². The summed E-state index contributed by atoms with van der Waals surface area (Å²) in [6.07, 6.45) is 0. The van der Waals surface area contributed by atoms with Crippen LogP contribution in [0.1, 0.15) is 6.92 Å². The molecule has 0 unspecified atom stereocenters. The molecule has 0 saturated carbocycles. The summed E-state index contributed by atoms with van der Waals surface area (Å²) in [5.74, 6) is 0.269. The zero-order chi connectivity index (χ0) is 8.20. The van der Waals surface area contributed by atoms with Crippen LogP contribution < -0.4 is 0 Å². The summed E-state index contributed by atoms with van der Waals surface area (Å²) in [6.45, 7) is 2.38. The van der Waals surface area contributed by atoms with E-state index < -0.39 is 8.74 Å². The number of carbonyl (C=O) groups is 1. The number of halogens is 2. The van der Waals surface area contributed by atoms with Crippen molar-refractivity contribution in [1.82, 2.24) is 0 Å². The fourth-order valence-corrected chi connectivity index (χ4v) is 2.50. The molecule has 10 heavy (non-hydrogen) atoms. The number of hydrogen-bond donors (Lipinski definition) is 0. The van der Waals surface area contributed by atoms with Crippen molar-refractivity contribution in [3.8, 4) is 0 Å². The molecule has 0 aliphatic heterocycles. The zero-order valence-electron chi connectivity index (χ0n) is 5.99. The van der Waals surface area contributed by atoms with E-state index in [1.807, 2.05) is 0 Å². The highest BCUT2D eigenvalue weighted by molar-refractivity contribution is 8.13. The van der Waals surface area contributed by atoms with Crippen molar-refractivity contribution in [2.24, 2.45) is 0 Å². The molecule has 0 bridgehead atoms. The fourth-order valence-electron chi connectivity index (χ4n) is 0.374. The third kappa shape index (κ3) is 8.10. The van der Waals surface area contributed by atoms with E-state index in [9.17, 15) is 13.0 Å². The highest BCUT2D eigenvalue weighted by Crippen LogP contribution is 2.16. The van der Waals surface area contributed by atoms with Crippen LogP contribution in [-0.2, 0) is 4.79 Å². The fraction of sp³-hybridized carbons (Fsp3) is 0.800. The van der Waals surface area contributed by atoms with E-state index in [1.165, 1.54) is 6.92 Å². The van der Waals surface area contributed by atoms with E-state index in [-0.39, 0.29) is 16.9 Å². The van der Waals surface area contributed by atoms with Gasteiger partial charge in [-0.15, -0.1) is 0 Å². The minimum absolute atomic E-state index is 0.0850. The summed E-state index contributed by atoms with van der Waals surface area (Å²) in [4.78, 5) is 10.3. The molecule has 0 aromatic heterocycles. The summed E-state index contributed by atoms with van der Waals surface area (Å²) in [5.41, 5.74) is 0. The second-order valence-corrected chi connectivity index (χ2v) is 6.07. The maximum absolute atomic E-state index is 12.2. The molecule has 0 N–H and O–H groups in total. The third-order valence-corrected chi connectivity index (χ3v) is 3.15. The maximum atomic E-state index is 12.2. The van der Waals surface area contributed by atoms with Gasteiger partial charge in [-0.05, 0) is 6.55 Å². The Bertz CT molecular complexity index is 123. The third-order valence-electron chi connectivity index (χ3n) is 0.846. The summed E-state index contributed by atoms with van der Waals surface area (Å²) < 4.78 is 24.4. The number of rotatable bonds is 3. The van der Waals surface area contributed by atoms with E-state index in [0.29, 0.717) is 0 Å². The van der Waals surface area contributed by atoms with Gasteiger partial charge in [0.2, 0.25) is 0 Å². The van der Waals surface area contributed by atoms with Gasteiger partial charge in [-0.25, -0.2) is 0 Å². The monoisotopic (exact) mass is 184 g/mol. The molecule has 0 aliphatic carbocycles. The van der Waals surface area contributed by atoms with Gasteiger partial charge in [-0.2, -0.15) is 0 Å². The Kier molecular flexibility index (Phi) is 4.11. The molecule has 0 heterocycles. The van der Waals surface area contributed by atoms with Crippen LogP contribution in [0.3, 0.4) is 0 Å². The zero-order valence-corrected chi connectivity index (χ0v) is 7.80.